The van der Waals surface area contributed by atoms with Crippen molar-refractivity contribution in [1.82, 2.24) is 5.32 Å². The van der Waals surface area contributed by atoms with Crippen LogP contribution in [0.5, 0.6) is 0 Å². The fourth-order valence-electron chi connectivity index (χ4n) is 1.77. The second-order valence-corrected chi connectivity index (χ2v) is 5.10. The molecule has 0 heterocycles. The molecule has 4 nitrogen and oxygen atoms in total. The quantitative estimate of drug-likeness (QED) is 0.682. The van der Waals surface area contributed by atoms with Crippen LogP contribution in [0.4, 0.5) is 10.1 Å². The van der Waals surface area contributed by atoms with Crippen molar-refractivity contribution in [1.29, 1.82) is 0 Å². The maximum atomic E-state index is 12.7. The van der Waals surface area contributed by atoms with Crippen molar-refractivity contribution in [3.63, 3.8) is 0 Å². The first kappa shape index (κ1) is 14.9. The fraction of sp³-hybridized carbons (Fsp3) is 0.533. The van der Waals surface area contributed by atoms with Gasteiger partial charge in [-0.25, -0.2) is 4.39 Å². The predicted octanol–water partition coefficient (Wildman–Crippen LogP) is 2.17. The van der Waals surface area contributed by atoms with Crippen LogP contribution >= 0.6 is 0 Å². The number of carbonyl (C=O) groups is 1. The molecule has 110 valence electrons. The van der Waals surface area contributed by atoms with Gasteiger partial charge in [0.15, 0.2) is 0 Å². The van der Waals surface area contributed by atoms with Gasteiger partial charge in [-0.3, -0.25) is 4.79 Å². The topological polar surface area (TPSA) is 50.4 Å². The van der Waals surface area contributed by atoms with Gasteiger partial charge < -0.3 is 15.4 Å². The van der Waals surface area contributed by atoms with E-state index in [1.807, 2.05) is 0 Å². The summed E-state index contributed by atoms with van der Waals surface area (Å²) in [7, 11) is 0. The molecule has 0 unspecified atom stereocenters. The zero-order valence-corrected chi connectivity index (χ0v) is 11.5. The van der Waals surface area contributed by atoms with E-state index in [9.17, 15) is 9.18 Å². The Morgan fingerprint density at radius 1 is 1.30 bits per heavy atom. The lowest BCUT2D eigenvalue weighted by molar-refractivity contribution is -0.115. The third-order valence-corrected chi connectivity index (χ3v) is 3.11. The molecule has 1 amide bonds. The summed E-state index contributed by atoms with van der Waals surface area (Å²) in [6.07, 6.45) is 3.51. The first-order valence-corrected chi connectivity index (χ1v) is 7.08. The zero-order chi connectivity index (χ0) is 14.2. The normalized spacial score (nSPS) is 14.2. The standard InChI is InChI=1S/C15H21FN2O2/c16-13-4-6-14(7-5-13)18-15(19)10-17-8-1-9-20-11-12-2-3-12/h4-7,12,17H,1-3,8-11H2,(H,18,19). The van der Waals surface area contributed by atoms with Gasteiger partial charge in [-0.05, 0) is 56.0 Å². The van der Waals surface area contributed by atoms with E-state index in [2.05, 4.69) is 10.6 Å². The van der Waals surface area contributed by atoms with E-state index in [1.165, 1.54) is 25.0 Å². The van der Waals surface area contributed by atoms with Crippen LogP contribution in [0.25, 0.3) is 0 Å². The van der Waals surface area contributed by atoms with Gasteiger partial charge in [-0.15, -0.1) is 0 Å². The van der Waals surface area contributed by atoms with E-state index in [0.29, 0.717) is 5.69 Å². The fourth-order valence-corrected chi connectivity index (χ4v) is 1.77. The van der Waals surface area contributed by atoms with E-state index in [-0.39, 0.29) is 18.3 Å². The molecule has 1 saturated carbocycles. The van der Waals surface area contributed by atoms with Crippen molar-refractivity contribution in [2.24, 2.45) is 5.92 Å². The minimum absolute atomic E-state index is 0.129. The Bertz CT molecular complexity index is 418. The van der Waals surface area contributed by atoms with Crippen LogP contribution in [0.1, 0.15) is 19.3 Å². The Kier molecular flexibility index (Phi) is 5.95. The molecule has 1 aromatic rings. The van der Waals surface area contributed by atoms with Gasteiger partial charge >= 0.3 is 0 Å². The Hall–Kier alpha value is -1.46. The number of amides is 1. The average molecular weight is 280 g/mol. The number of hydrogen-bond donors (Lipinski definition) is 2. The lowest BCUT2D eigenvalue weighted by atomic mass is 10.3. The second-order valence-electron chi connectivity index (χ2n) is 5.10. The third kappa shape index (κ3) is 6.12. The zero-order valence-electron chi connectivity index (χ0n) is 11.5. The number of hydrogen-bond acceptors (Lipinski definition) is 3. The molecule has 0 bridgehead atoms. The van der Waals surface area contributed by atoms with Crippen LogP contribution in [-0.4, -0.2) is 32.2 Å². The Morgan fingerprint density at radius 3 is 2.75 bits per heavy atom. The molecule has 1 fully saturated rings. The van der Waals surface area contributed by atoms with Crippen molar-refractivity contribution in [2.75, 3.05) is 31.6 Å². The van der Waals surface area contributed by atoms with Crippen molar-refractivity contribution < 1.29 is 13.9 Å². The minimum Gasteiger partial charge on any atom is -0.381 e. The smallest absolute Gasteiger partial charge is 0.238 e. The molecule has 0 atom stereocenters. The largest absolute Gasteiger partial charge is 0.381 e. The molecule has 2 rings (SSSR count). The van der Waals surface area contributed by atoms with E-state index in [1.54, 1.807) is 12.1 Å². The summed E-state index contributed by atoms with van der Waals surface area (Å²) in [6, 6.07) is 5.72. The van der Waals surface area contributed by atoms with E-state index in [4.69, 9.17) is 4.74 Å². The molecular weight excluding hydrogens is 259 g/mol. The van der Waals surface area contributed by atoms with Gasteiger partial charge in [-0.2, -0.15) is 0 Å². The Labute approximate surface area is 118 Å². The summed E-state index contributed by atoms with van der Waals surface area (Å²) in [5.41, 5.74) is 0.603. The summed E-state index contributed by atoms with van der Waals surface area (Å²) >= 11 is 0. The van der Waals surface area contributed by atoms with Gasteiger partial charge in [0.05, 0.1) is 6.54 Å². The second kappa shape index (κ2) is 7.97. The van der Waals surface area contributed by atoms with Crippen LogP contribution in [0, 0.1) is 11.7 Å². The number of benzene rings is 1. The molecule has 0 saturated heterocycles. The molecule has 20 heavy (non-hydrogen) atoms. The van der Waals surface area contributed by atoms with E-state index < -0.39 is 0 Å². The van der Waals surface area contributed by atoms with Gasteiger partial charge in [0, 0.05) is 18.9 Å². The van der Waals surface area contributed by atoms with Gasteiger partial charge in [0.25, 0.3) is 0 Å². The third-order valence-electron chi connectivity index (χ3n) is 3.11. The van der Waals surface area contributed by atoms with Crippen molar-refractivity contribution in [2.45, 2.75) is 19.3 Å². The molecule has 1 aromatic carbocycles. The van der Waals surface area contributed by atoms with Gasteiger partial charge in [0.1, 0.15) is 5.82 Å². The van der Waals surface area contributed by atoms with Crippen LogP contribution in [0.2, 0.25) is 0 Å². The average Bonchev–Trinajstić information content (AvgIpc) is 3.24. The van der Waals surface area contributed by atoms with E-state index >= 15 is 0 Å². The number of carbonyl (C=O) groups excluding carboxylic acids is 1. The van der Waals surface area contributed by atoms with Gasteiger partial charge in [0.2, 0.25) is 5.91 Å². The summed E-state index contributed by atoms with van der Waals surface area (Å²) in [6.45, 7) is 2.62. The SMILES string of the molecule is O=C(CNCCCOCC1CC1)Nc1ccc(F)cc1. The molecule has 1 aliphatic carbocycles. The molecule has 0 radical (unpaired) electrons. The minimum atomic E-state index is -0.313. The van der Waals surface area contributed by atoms with Gasteiger partial charge in [-0.1, -0.05) is 0 Å². The van der Waals surface area contributed by atoms with Crippen molar-refractivity contribution in [3.8, 4) is 0 Å². The first-order chi connectivity index (χ1) is 9.74. The maximum Gasteiger partial charge on any atom is 0.238 e. The van der Waals surface area contributed by atoms with Crippen LogP contribution < -0.4 is 10.6 Å². The lowest BCUT2D eigenvalue weighted by Gasteiger charge is -2.07. The number of anilines is 1. The summed E-state index contributed by atoms with van der Waals surface area (Å²) in [5.74, 6) is 0.354. The highest BCUT2D eigenvalue weighted by molar-refractivity contribution is 5.92. The Balaban J connectivity index is 1.48. The highest BCUT2D eigenvalue weighted by Crippen LogP contribution is 2.28. The molecule has 5 heteroatoms. The maximum absolute atomic E-state index is 12.7. The Morgan fingerprint density at radius 2 is 2.05 bits per heavy atom. The number of halogens is 1. The number of nitrogens with one attached hydrogen (secondary N) is 2. The van der Waals surface area contributed by atoms with Crippen LogP contribution in [-0.2, 0) is 9.53 Å². The van der Waals surface area contributed by atoms with Crippen molar-refractivity contribution in [3.05, 3.63) is 30.1 Å². The van der Waals surface area contributed by atoms with Crippen LogP contribution in [0.15, 0.2) is 24.3 Å². The van der Waals surface area contributed by atoms with Crippen molar-refractivity contribution >= 4 is 11.6 Å². The molecule has 0 aliphatic heterocycles. The highest BCUT2D eigenvalue weighted by atomic mass is 19.1. The molecule has 1 aliphatic rings. The molecule has 0 aromatic heterocycles. The number of rotatable bonds is 9. The summed E-state index contributed by atoms with van der Waals surface area (Å²) < 4.78 is 18.2. The number of ether oxygens (including phenoxy) is 1. The summed E-state index contributed by atoms with van der Waals surface area (Å²) in [5, 5.41) is 5.75. The van der Waals surface area contributed by atoms with E-state index in [0.717, 1.165) is 32.1 Å². The molecule has 2 N–H and O–H groups in total. The lowest BCUT2D eigenvalue weighted by Crippen LogP contribution is -2.29. The molecule has 0 spiro atoms. The highest BCUT2D eigenvalue weighted by Gasteiger charge is 2.20. The first-order valence-electron chi connectivity index (χ1n) is 7.08. The summed E-state index contributed by atoms with van der Waals surface area (Å²) in [4.78, 5) is 11.6. The predicted molar refractivity (Wildman–Crippen MR) is 76.1 cm³/mol. The van der Waals surface area contributed by atoms with Crippen LogP contribution in [0.3, 0.4) is 0 Å². The molecular formula is C15H21FN2O2. The monoisotopic (exact) mass is 280 g/mol.